The molecule has 4 nitrogen and oxygen atoms in total. The molecule has 1 amide bonds. The summed E-state index contributed by atoms with van der Waals surface area (Å²) in [6, 6.07) is 12.1. The fourth-order valence-electron chi connectivity index (χ4n) is 2.46. The van der Waals surface area contributed by atoms with Gasteiger partial charge in [0.1, 0.15) is 5.82 Å². The zero-order chi connectivity index (χ0) is 18.0. The van der Waals surface area contributed by atoms with Gasteiger partial charge in [-0.05, 0) is 38.1 Å². The molecule has 3 aromatic rings. The topological polar surface area (TPSA) is 51.2 Å². The molecule has 0 aliphatic rings. The summed E-state index contributed by atoms with van der Waals surface area (Å²) < 4.78 is 31.9. The molecule has 0 aliphatic heterocycles. The van der Waals surface area contributed by atoms with Crippen LogP contribution < -0.4 is 10.1 Å². The summed E-state index contributed by atoms with van der Waals surface area (Å²) in [7, 11) is 0. The van der Waals surface area contributed by atoms with E-state index in [0.717, 1.165) is 28.7 Å². The van der Waals surface area contributed by atoms with Crippen LogP contribution in [0.1, 0.15) is 12.6 Å². The molecule has 1 aromatic heterocycles. The van der Waals surface area contributed by atoms with E-state index in [9.17, 15) is 13.6 Å². The first-order valence-corrected chi connectivity index (χ1v) is 7.73. The van der Waals surface area contributed by atoms with Crippen molar-refractivity contribution in [1.82, 2.24) is 4.98 Å². The van der Waals surface area contributed by atoms with E-state index in [0.29, 0.717) is 11.8 Å². The molecule has 2 aromatic carbocycles. The Hall–Kier alpha value is -3.02. The van der Waals surface area contributed by atoms with Gasteiger partial charge in [0.05, 0.1) is 11.2 Å². The predicted octanol–water partition coefficient (Wildman–Crippen LogP) is 4.23. The fourth-order valence-corrected chi connectivity index (χ4v) is 2.46. The average molecular weight is 342 g/mol. The smallest absolute Gasteiger partial charge is 0.265 e. The summed E-state index contributed by atoms with van der Waals surface area (Å²) in [4.78, 5) is 16.8. The van der Waals surface area contributed by atoms with E-state index in [4.69, 9.17) is 4.74 Å². The van der Waals surface area contributed by atoms with Crippen molar-refractivity contribution >= 4 is 22.5 Å². The average Bonchev–Trinajstić information content (AvgIpc) is 2.57. The number of nitrogens with zero attached hydrogens (tertiary/aromatic N) is 1. The lowest BCUT2D eigenvalue weighted by Gasteiger charge is -2.16. The Morgan fingerprint density at radius 2 is 1.92 bits per heavy atom. The molecular weight excluding hydrogens is 326 g/mol. The maximum Gasteiger partial charge on any atom is 0.265 e. The number of hydrogen-bond acceptors (Lipinski definition) is 3. The van der Waals surface area contributed by atoms with E-state index in [1.807, 2.05) is 31.2 Å². The summed E-state index contributed by atoms with van der Waals surface area (Å²) in [6.45, 7) is 3.32. The number of para-hydroxylation sites is 1. The highest BCUT2D eigenvalue weighted by Crippen LogP contribution is 2.24. The van der Waals surface area contributed by atoms with Crippen molar-refractivity contribution < 1.29 is 18.3 Å². The maximum atomic E-state index is 13.7. The van der Waals surface area contributed by atoms with Crippen LogP contribution in [0.15, 0.2) is 48.5 Å². The van der Waals surface area contributed by atoms with Gasteiger partial charge in [-0.1, -0.05) is 18.2 Å². The monoisotopic (exact) mass is 342 g/mol. The van der Waals surface area contributed by atoms with Crippen molar-refractivity contribution in [1.29, 1.82) is 0 Å². The number of nitrogens with one attached hydrogen (secondary N) is 1. The van der Waals surface area contributed by atoms with E-state index in [1.165, 1.54) is 6.92 Å². The Labute approximate surface area is 143 Å². The van der Waals surface area contributed by atoms with E-state index >= 15 is 0 Å². The van der Waals surface area contributed by atoms with Gasteiger partial charge in [-0.25, -0.2) is 8.78 Å². The van der Waals surface area contributed by atoms with E-state index in [1.54, 1.807) is 6.07 Å². The third-order valence-corrected chi connectivity index (χ3v) is 3.67. The molecule has 0 saturated heterocycles. The first kappa shape index (κ1) is 16.8. The van der Waals surface area contributed by atoms with Crippen molar-refractivity contribution in [2.24, 2.45) is 0 Å². The number of carbonyl (C=O) groups excluding carboxylic acids is 1. The lowest BCUT2D eigenvalue weighted by Crippen LogP contribution is -2.30. The Morgan fingerprint density at radius 3 is 2.68 bits per heavy atom. The highest BCUT2D eigenvalue weighted by molar-refractivity contribution is 6.02. The van der Waals surface area contributed by atoms with Gasteiger partial charge < -0.3 is 10.1 Å². The quantitative estimate of drug-likeness (QED) is 0.772. The molecule has 25 heavy (non-hydrogen) atoms. The van der Waals surface area contributed by atoms with Crippen LogP contribution in [0.3, 0.4) is 0 Å². The highest BCUT2D eigenvalue weighted by atomic mass is 19.1. The van der Waals surface area contributed by atoms with Crippen molar-refractivity contribution in [3.63, 3.8) is 0 Å². The van der Waals surface area contributed by atoms with E-state index in [-0.39, 0.29) is 5.75 Å². The van der Waals surface area contributed by atoms with Gasteiger partial charge in [-0.15, -0.1) is 0 Å². The van der Waals surface area contributed by atoms with Crippen molar-refractivity contribution in [2.75, 3.05) is 5.32 Å². The van der Waals surface area contributed by atoms with Gasteiger partial charge in [-0.2, -0.15) is 0 Å². The number of fused-ring (bicyclic) bond motifs is 1. The molecule has 1 N–H and O–H groups in total. The third-order valence-electron chi connectivity index (χ3n) is 3.67. The number of halogens is 2. The molecule has 1 heterocycles. The van der Waals surface area contributed by atoms with Crippen molar-refractivity contribution in [3.8, 4) is 5.75 Å². The zero-order valence-corrected chi connectivity index (χ0v) is 13.7. The first-order valence-electron chi connectivity index (χ1n) is 7.73. The first-order chi connectivity index (χ1) is 11.9. The number of aromatic nitrogens is 1. The van der Waals surface area contributed by atoms with E-state index < -0.39 is 23.6 Å². The Kier molecular flexibility index (Phi) is 4.61. The Balaban J connectivity index is 1.80. The summed E-state index contributed by atoms with van der Waals surface area (Å²) in [5.74, 6) is -2.19. The molecular formula is C19H16F2N2O2. The number of pyridine rings is 1. The van der Waals surface area contributed by atoms with Gasteiger partial charge in [-0.3, -0.25) is 9.78 Å². The molecule has 6 heteroatoms. The normalized spacial score (nSPS) is 12.0. The zero-order valence-electron chi connectivity index (χ0n) is 13.7. The fraction of sp³-hybridized carbons (Fsp3) is 0.158. The van der Waals surface area contributed by atoms with Gasteiger partial charge in [0.15, 0.2) is 17.7 Å². The number of rotatable bonds is 4. The van der Waals surface area contributed by atoms with E-state index in [2.05, 4.69) is 10.3 Å². The van der Waals surface area contributed by atoms with Crippen LogP contribution in [0.2, 0.25) is 0 Å². The molecule has 0 bridgehead atoms. The highest BCUT2D eigenvalue weighted by Gasteiger charge is 2.18. The van der Waals surface area contributed by atoms with Gasteiger partial charge in [0.25, 0.3) is 5.91 Å². The minimum atomic E-state index is -0.966. The minimum absolute atomic E-state index is 0.181. The second-order valence-corrected chi connectivity index (χ2v) is 5.65. The summed E-state index contributed by atoms with van der Waals surface area (Å²) in [5, 5.41) is 3.57. The number of benzene rings is 2. The van der Waals surface area contributed by atoms with Crippen LogP contribution in [0, 0.1) is 18.6 Å². The van der Waals surface area contributed by atoms with Crippen LogP contribution in [-0.2, 0) is 4.79 Å². The number of anilines is 1. The van der Waals surface area contributed by atoms with Crippen LogP contribution in [0.25, 0.3) is 10.9 Å². The van der Waals surface area contributed by atoms with Crippen LogP contribution in [0.4, 0.5) is 14.5 Å². The molecule has 3 rings (SSSR count). The number of aryl methyl sites for hydroxylation is 1. The summed E-state index contributed by atoms with van der Waals surface area (Å²) in [6.07, 6.45) is -0.966. The molecule has 128 valence electrons. The molecule has 0 aliphatic carbocycles. The number of carbonyl (C=O) groups is 1. The standard InChI is InChI=1S/C19H16F2N2O2/c1-11-9-17(14-5-3-4-6-16(14)22-11)23-19(24)12(2)25-18-8-7-13(20)10-15(18)21/h3-10,12H,1-2H3,(H,22,23,24). The lowest BCUT2D eigenvalue weighted by atomic mass is 10.1. The van der Waals surface area contributed by atoms with Gasteiger partial charge in [0, 0.05) is 17.1 Å². The van der Waals surface area contributed by atoms with Crippen molar-refractivity contribution in [2.45, 2.75) is 20.0 Å². The molecule has 1 unspecified atom stereocenters. The molecule has 0 fully saturated rings. The number of hydrogen-bond donors (Lipinski definition) is 1. The molecule has 0 saturated carbocycles. The Bertz CT molecular complexity index is 944. The van der Waals surface area contributed by atoms with Gasteiger partial charge >= 0.3 is 0 Å². The largest absolute Gasteiger partial charge is 0.478 e. The van der Waals surface area contributed by atoms with Crippen LogP contribution >= 0.6 is 0 Å². The second kappa shape index (κ2) is 6.84. The summed E-state index contributed by atoms with van der Waals surface area (Å²) in [5.41, 5.74) is 2.12. The molecule has 0 spiro atoms. The second-order valence-electron chi connectivity index (χ2n) is 5.65. The summed E-state index contributed by atoms with van der Waals surface area (Å²) >= 11 is 0. The number of amides is 1. The minimum Gasteiger partial charge on any atom is -0.478 e. The van der Waals surface area contributed by atoms with Crippen molar-refractivity contribution in [3.05, 3.63) is 65.9 Å². The van der Waals surface area contributed by atoms with Gasteiger partial charge in [0.2, 0.25) is 0 Å². The van der Waals surface area contributed by atoms with Crippen LogP contribution in [-0.4, -0.2) is 17.0 Å². The van der Waals surface area contributed by atoms with Crippen LogP contribution in [0.5, 0.6) is 5.75 Å². The Morgan fingerprint density at radius 1 is 1.16 bits per heavy atom. The molecule has 0 radical (unpaired) electrons. The number of ether oxygens (including phenoxy) is 1. The molecule has 1 atom stereocenters. The maximum absolute atomic E-state index is 13.7. The third kappa shape index (κ3) is 3.74. The lowest BCUT2D eigenvalue weighted by molar-refractivity contribution is -0.122. The SMILES string of the molecule is Cc1cc(NC(=O)C(C)Oc2ccc(F)cc2F)c2ccccc2n1. The predicted molar refractivity (Wildman–Crippen MR) is 91.6 cm³/mol.